The van der Waals surface area contributed by atoms with Crippen LogP contribution in [0.4, 0.5) is 0 Å². The number of aryl methyl sites for hydroxylation is 1. The van der Waals surface area contributed by atoms with Gasteiger partial charge in [0.15, 0.2) is 4.60 Å². The van der Waals surface area contributed by atoms with Crippen molar-refractivity contribution in [2.75, 3.05) is 13.1 Å². The molecule has 0 radical (unpaired) electrons. The quantitative estimate of drug-likeness (QED) is 0.860. The van der Waals surface area contributed by atoms with E-state index in [2.05, 4.69) is 45.4 Å². The van der Waals surface area contributed by atoms with E-state index in [1.54, 1.807) is 0 Å². The third kappa shape index (κ3) is 3.61. The van der Waals surface area contributed by atoms with Crippen LogP contribution in [0.1, 0.15) is 57.6 Å². The highest BCUT2D eigenvalue weighted by molar-refractivity contribution is 9.10. The fourth-order valence-corrected chi connectivity index (χ4v) is 4.25. The maximum absolute atomic E-state index is 4.19. The first-order valence-corrected chi connectivity index (χ1v) is 8.72. The Balaban J connectivity index is 2.17. The van der Waals surface area contributed by atoms with Crippen LogP contribution in [0.2, 0.25) is 0 Å². The maximum Gasteiger partial charge on any atom is 0.151 e. The van der Waals surface area contributed by atoms with Gasteiger partial charge in [-0.2, -0.15) is 0 Å². The van der Waals surface area contributed by atoms with Crippen molar-refractivity contribution < 1.29 is 0 Å². The summed E-state index contributed by atoms with van der Waals surface area (Å²) < 4.78 is 2.89. The van der Waals surface area contributed by atoms with Crippen molar-refractivity contribution in [3.63, 3.8) is 0 Å². The average Bonchev–Trinajstić information content (AvgIpc) is 2.77. The van der Waals surface area contributed by atoms with Gasteiger partial charge in [0, 0.05) is 13.0 Å². The number of hydrogen-bond acceptors (Lipinski definition) is 3. The summed E-state index contributed by atoms with van der Waals surface area (Å²) in [5.74, 6) is 2.15. The lowest BCUT2D eigenvalue weighted by Gasteiger charge is -2.36. The molecule has 0 bridgehead atoms. The summed E-state index contributed by atoms with van der Waals surface area (Å²) in [6.45, 7) is 6.63. The molecule has 0 aliphatic heterocycles. The first-order chi connectivity index (χ1) is 9.67. The molecule has 1 heterocycles. The van der Waals surface area contributed by atoms with E-state index in [0.29, 0.717) is 11.8 Å². The molecule has 0 aromatic carbocycles. The van der Waals surface area contributed by atoms with Crippen LogP contribution in [-0.4, -0.2) is 28.1 Å². The number of nitrogens with zero attached hydrogens (tertiary/aromatic N) is 3. The van der Waals surface area contributed by atoms with Gasteiger partial charge in [0.2, 0.25) is 0 Å². The summed E-state index contributed by atoms with van der Waals surface area (Å²) in [5.41, 5.74) is 1.29. The molecule has 1 aromatic rings. The highest BCUT2D eigenvalue weighted by atomic mass is 79.9. The molecule has 5 heteroatoms. The summed E-state index contributed by atoms with van der Waals surface area (Å²) in [6.07, 6.45) is 6.63. The van der Waals surface area contributed by atoms with Crippen LogP contribution >= 0.6 is 15.9 Å². The molecule has 114 valence electrons. The van der Waals surface area contributed by atoms with E-state index in [1.807, 2.05) is 11.7 Å². The zero-order valence-corrected chi connectivity index (χ0v) is 14.5. The van der Waals surface area contributed by atoms with Crippen LogP contribution < -0.4 is 5.32 Å². The third-order valence-electron chi connectivity index (χ3n) is 4.63. The third-order valence-corrected chi connectivity index (χ3v) is 5.20. The molecule has 2 rings (SSSR count). The van der Waals surface area contributed by atoms with Crippen LogP contribution in [0.25, 0.3) is 0 Å². The van der Waals surface area contributed by atoms with Gasteiger partial charge in [0.05, 0.1) is 5.69 Å². The predicted octanol–water partition coefficient (Wildman–Crippen LogP) is 3.49. The largest absolute Gasteiger partial charge is 0.317 e. The van der Waals surface area contributed by atoms with Crippen LogP contribution in [-0.2, 0) is 7.05 Å². The highest BCUT2D eigenvalue weighted by Crippen LogP contribution is 2.43. The number of halogens is 1. The summed E-state index contributed by atoms with van der Waals surface area (Å²) >= 11 is 3.59. The Morgan fingerprint density at radius 1 is 1.35 bits per heavy atom. The maximum atomic E-state index is 4.19. The van der Waals surface area contributed by atoms with Gasteiger partial charge >= 0.3 is 0 Å². The predicted molar refractivity (Wildman–Crippen MR) is 85.7 cm³/mol. The molecule has 1 N–H and O–H groups in total. The zero-order valence-electron chi connectivity index (χ0n) is 12.9. The highest BCUT2D eigenvalue weighted by Gasteiger charge is 2.34. The molecule has 20 heavy (non-hydrogen) atoms. The lowest BCUT2D eigenvalue weighted by atomic mass is 9.71. The molecule has 0 spiro atoms. The van der Waals surface area contributed by atoms with Gasteiger partial charge in [-0.15, -0.1) is 5.10 Å². The fraction of sp³-hybridized carbons (Fsp3) is 0.867. The number of rotatable bonds is 6. The smallest absolute Gasteiger partial charge is 0.151 e. The van der Waals surface area contributed by atoms with Crippen molar-refractivity contribution in [1.82, 2.24) is 20.3 Å². The average molecular weight is 343 g/mol. The molecule has 1 aliphatic rings. The molecule has 0 saturated heterocycles. The second-order valence-corrected chi connectivity index (χ2v) is 6.78. The topological polar surface area (TPSA) is 42.7 Å². The molecule has 1 aliphatic carbocycles. The molecule has 1 saturated carbocycles. The van der Waals surface area contributed by atoms with E-state index in [0.717, 1.165) is 23.6 Å². The molecule has 1 fully saturated rings. The molecule has 3 unspecified atom stereocenters. The van der Waals surface area contributed by atoms with Crippen LogP contribution in [0.15, 0.2) is 4.60 Å². The fourth-order valence-electron chi connectivity index (χ4n) is 3.63. The Bertz CT molecular complexity index is 399. The summed E-state index contributed by atoms with van der Waals surface area (Å²) in [4.78, 5) is 0. The van der Waals surface area contributed by atoms with E-state index in [-0.39, 0.29) is 0 Å². The van der Waals surface area contributed by atoms with E-state index in [4.69, 9.17) is 0 Å². The van der Waals surface area contributed by atoms with Crippen molar-refractivity contribution in [3.8, 4) is 0 Å². The Morgan fingerprint density at radius 2 is 2.15 bits per heavy atom. The van der Waals surface area contributed by atoms with E-state index >= 15 is 0 Å². The van der Waals surface area contributed by atoms with Gasteiger partial charge in [0.25, 0.3) is 0 Å². The van der Waals surface area contributed by atoms with Crippen LogP contribution in [0, 0.1) is 11.8 Å². The van der Waals surface area contributed by atoms with Crippen molar-refractivity contribution >= 4 is 15.9 Å². The van der Waals surface area contributed by atoms with E-state index in [1.165, 1.54) is 37.8 Å². The summed E-state index contributed by atoms with van der Waals surface area (Å²) in [5, 5.41) is 11.9. The zero-order chi connectivity index (χ0) is 14.5. The Hall–Kier alpha value is -0.420. The van der Waals surface area contributed by atoms with Gasteiger partial charge in [-0.3, -0.25) is 4.68 Å². The first-order valence-electron chi connectivity index (χ1n) is 7.93. The second-order valence-electron chi connectivity index (χ2n) is 6.03. The molecule has 1 aromatic heterocycles. The van der Waals surface area contributed by atoms with Gasteiger partial charge < -0.3 is 5.32 Å². The van der Waals surface area contributed by atoms with Crippen LogP contribution in [0.5, 0.6) is 0 Å². The molecular formula is C15H27BrN4. The van der Waals surface area contributed by atoms with Gasteiger partial charge in [-0.25, -0.2) is 0 Å². The SMILES string of the molecule is CCCC1CCC(CNCC)C(c2c(Br)nnn2C)C1. The molecule has 3 atom stereocenters. The Kier molecular flexibility index (Phi) is 6.02. The lowest BCUT2D eigenvalue weighted by Crippen LogP contribution is -2.33. The number of aromatic nitrogens is 3. The van der Waals surface area contributed by atoms with E-state index in [9.17, 15) is 0 Å². The minimum absolute atomic E-state index is 0.578. The second kappa shape index (κ2) is 7.55. The summed E-state index contributed by atoms with van der Waals surface area (Å²) in [6, 6.07) is 0. The van der Waals surface area contributed by atoms with Crippen molar-refractivity contribution in [3.05, 3.63) is 10.3 Å². The van der Waals surface area contributed by atoms with Gasteiger partial charge in [0.1, 0.15) is 0 Å². The van der Waals surface area contributed by atoms with Gasteiger partial charge in [-0.05, 0) is 53.7 Å². The van der Waals surface area contributed by atoms with Crippen molar-refractivity contribution in [2.45, 2.75) is 51.9 Å². The van der Waals surface area contributed by atoms with E-state index < -0.39 is 0 Å². The van der Waals surface area contributed by atoms with Crippen molar-refractivity contribution in [2.24, 2.45) is 18.9 Å². The normalized spacial score (nSPS) is 26.9. The van der Waals surface area contributed by atoms with Gasteiger partial charge in [-0.1, -0.05) is 38.3 Å². The first kappa shape index (κ1) is 16.0. The minimum Gasteiger partial charge on any atom is -0.317 e. The Morgan fingerprint density at radius 3 is 2.75 bits per heavy atom. The number of nitrogens with one attached hydrogen (secondary N) is 1. The molecule has 4 nitrogen and oxygen atoms in total. The van der Waals surface area contributed by atoms with Crippen LogP contribution in [0.3, 0.4) is 0 Å². The van der Waals surface area contributed by atoms with Crippen molar-refractivity contribution in [1.29, 1.82) is 0 Å². The molecular weight excluding hydrogens is 316 g/mol. The Labute approximate surface area is 130 Å². The molecule has 0 amide bonds. The summed E-state index contributed by atoms with van der Waals surface area (Å²) in [7, 11) is 2.01. The standard InChI is InChI=1S/C15H27BrN4/c1-4-6-11-7-8-12(10-17-5-2)13(9-11)14-15(16)18-19-20(14)3/h11-13,17H,4-10H2,1-3H3. The lowest BCUT2D eigenvalue weighted by molar-refractivity contribution is 0.214. The minimum atomic E-state index is 0.578. The number of hydrogen-bond donors (Lipinski definition) is 1. The monoisotopic (exact) mass is 342 g/mol.